The molecule has 0 rings (SSSR count). The van der Waals surface area contributed by atoms with Crippen LogP contribution >= 0.6 is 0 Å². The Morgan fingerprint density at radius 2 is 0.983 bits per heavy atom. The summed E-state index contributed by atoms with van der Waals surface area (Å²) in [6.07, 6.45) is 58.1. The molecule has 0 radical (unpaired) electrons. The van der Waals surface area contributed by atoms with Crippen LogP contribution in [0.2, 0.25) is 0 Å². The number of allylic oxidation sites excluding steroid dienone is 12. The van der Waals surface area contributed by atoms with Crippen LogP contribution in [0.4, 0.5) is 0 Å². The lowest BCUT2D eigenvalue weighted by Crippen LogP contribution is -2.46. The summed E-state index contributed by atoms with van der Waals surface area (Å²) in [7, 11) is 0. The Kier molecular flexibility index (Phi) is 44.2. The van der Waals surface area contributed by atoms with E-state index in [9.17, 15) is 19.8 Å². The van der Waals surface area contributed by atoms with E-state index < -0.39 is 18.2 Å². The van der Waals surface area contributed by atoms with E-state index in [1.54, 1.807) is 0 Å². The summed E-state index contributed by atoms with van der Waals surface area (Å²) in [4.78, 5) is 26.1. The third-order valence-electron chi connectivity index (χ3n) is 10.9. The van der Waals surface area contributed by atoms with Crippen molar-refractivity contribution in [2.45, 2.75) is 244 Å². The molecule has 0 saturated carbocycles. The second-order valence-electron chi connectivity index (χ2n) is 16.6. The first-order valence-electron chi connectivity index (χ1n) is 24.7. The van der Waals surface area contributed by atoms with Crippen molar-refractivity contribution in [3.8, 4) is 0 Å². The van der Waals surface area contributed by atoms with Crippen LogP contribution < -0.4 is 5.32 Å². The number of aliphatic hydroxyl groups excluding tert-OH is 2. The van der Waals surface area contributed by atoms with Gasteiger partial charge >= 0.3 is 5.97 Å². The topological polar surface area (TPSA) is 95.9 Å². The first-order valence-corrected chi connectivity index (χ1v) is 24.7. The normalized spacial score (nSPS) is 13.9. The Bertz CT molecular complexity index is 1110. The standard InChI is InChI=1S/C53H93NO5/c1-4-7-10-13-16-19-22-24-25-26-27-28-29-31-34-37-40-43-46-53(58)59-49(44-41-38-35-32-30-23-20-17-14-11-8-5-2)47-52(57)54-50(48-55)51(56)45-42-39-36-33-21-18-15-12-9-6-3/h8,11,16-17,19-20,22,24-28,49-51,55-56H,4-7,9-10,12-15,18,21,23,29-48H2,1-3H3,(H,54,57)/b11-8+,19-16+,20-17+,24-22+,26-25+,28-27+. The van der Waals surface area contributed by atoms with Crippen molar-refractivity contribution >= 4 is 11.9 Å². The van der Waals surface area contributed by atoms with Gasteiger partial charge in [0.25, 0.3) is 0 Å². The van der Waals surface area contributed by atoms with Crippen molar-refractivity contribution in [3.63, 3.8) is 0 Å². The number of carbonyl (C=O) groups excluding carboxylic acids is 2. The van der Waals surface area contributed by atoms with E-state index in [1.807, 2.05) is 0 Å². The third-order valence-corrected chi connectivity index (χ3v) is 10.9. The van der Waals surface area contributed by atoms with Crippen LogP contribution in [-0.4, -0.2) is 46.9 Å². The molecule has 0 aromatic heterocycles. The van der Waals surface area contributed by atoms with Crippen LogP contribution in [0.3, 0.4) is 0 Å². The molecule has 0 bridgehead atoms. The van der Waals surface area contributed by atoms with Gasteiger partial charge in [-0.05, 0) is 77.0 Å². The van der Waals surface area contributed by atoms with E-state index in [0.717, 1.165) is 109 Å². The highest BCUT2D eigenvalue weighted by molar-refractivity contribution is 5.77. The van der Waals surface area contributed by atoms with Crippen molar-refractivity contribution in [3.05, 3.63) is 72.9 Å². The van der Waals surface area contributed by atoms with Crippen LogP contribution in [-0.2, 0) is 14.3 Å². The molecule has 0 fully saturated rings. The summed E-state index contributed by atoms with van der Waals surface area (Å²) >= 11 is 0. The maximum absolute atomic E-state index is 13.2. The molecule has 340 valence electrons. The zero-order chi connectivity index (χ0) is 43.1. The average molecular weight is 824 g/mol. The minimum atomic E-state index is -0.797. The van der Waals surface area contributed by atoms with Crippen molar-refractivity contribution in [1.82, 2.24) is 5.32 Å². The van der Waals surface area contributed by atoms with Gasteiger partial charge in [-0.25, -0.2) is 0 Å². The number of ether oxygens (including phenoxy) is 1. The summed E-state index contributed by atoms with van der Waals surface area (Å²) in [6.45, 7) is 6.31. The Morgan fingerprint density at radius 1 is 0.525 bits per heavy atom. The van der Waals surface area contributed by atoms with E-state index in [0.29, 0.717) is 19.3 Å². The fourth-order valence-corrected chi connectivity index (χ4v) is 7.13. The Morgan fingerprint density at radius 3 is 1.56 bits per heavy atom. The molecule has 3 unspecified atom stereocenters. The number of nitrogens with one attached hydrogen (secondary N) is 1. The number of hydrogen-bond acceptors (Lipinski definition) is 5. The van der Waals surface area contributed by atoms with Gasteiger partial charge in [-0.2, -0.15) is 0 Å². The van der Waals surface area contributed by atoms with E-state index in [1.165, 1.54) is 70.6 Å². The zero-order valence-corrected chi connectivity index (χ0v) is 38.6. The minimum Gasteiger partial charge on any atom is -0.462 e. The van der Waals surface area contributed by atoms with Crippen molar-refractivity contribution in [2.24, 2.45) is 0 Å². The van der Waals surface area contributed by atoms with Crippen molar-refractivity contribution in [2.75, 3.05) is 6.61 Å². The molecule has 0 aromatic carbocycles. The van der Waals surface area contributed by atoms with E-state index in [-0.39, 0.29) is 24.9 Å². The molecule has 3 atom stereocenters. The van der Waals surface area contributed by atoms with Gasteiger partial charge in [-0.15, -0.1) is 0 Å². The van der Waals surface area contributed by atoms with Crippen molar-refractivity contribution < 1.29 is 24.5 Å². The van der Waals surface area contributed by atoms with Gasteiger partial charge in [0.15, 0.2) is 0 Å². The smallest absolute Gasteiger partial charge is 0.306 e. The second-order valence-corrected chi connectivity index (χ2v) is 16.6. The quantitative estimate of drug-likeness (QED) is 0.0246. The summed E-state index contributed by atoms with van der Waals surface area (Å²) in [5, 5.41) is 23.7. The number of aliphatic hydroxyl groups is 2. The number of carbonyl (C=O) groups is 2. The first kappa shape index (κ1) is 56.3. The van der Waals surface area contributed by atoms with E-state index in [4.69, 9.17) is 4.74 Å². The number of unbranched alkanes of at least 4 members (excludes halogenated alkanes) is 22. The summed E-state index contributed by atoms with van der Waals surface area (Å²) in [5.74, 6) is -0.519. The predicted molar refractivity (Wildman–Crippen MR) is 255 cm³/mol. The molecule has 0 heterocycles. The second kappa shape index (κ2) is 46.4. The summed E-state index contributed by atoms with van der Waals surface area (Å²) in [6, 6.07) is -0.712. The van der Waals surface area contributed by atoms with Gasteiger partial charge in [0.1, 0.15) is 6.10 Å². The van der Waals surface area contributed by atoms with Crippen molar-refractivity contribution in [1.29, 1.82) is 0 Å². The molecule has 0 aromatic rings. The van der Waals surface area contributed by atoms with Crippen LogP contribution in [0.1, 0.15) is 226 Å². The number of esters is 1. The molecule has 1 amide bonds. The van der Waals surface area contributed by atoms with Gasteiger partial charge in [0.2, 0.25) is 5.91 Å². The summed E-state index contributed by atoms with van der Waals surface area (Å²) in [5.41, 5.74) is 0. The van der Waals surface area contributed by atoms with Gasteiger partial charge in [-0.3, -0.25) is 9.59 Å². The fraction of sp³-hybridized carbons (Fsp3) is 0.736. The molecule has 0 saturated heterocycles. The van der Waals surface area contributed by atoms with E-state index in [2.05, 4.69) is 99.0 Å². The number of hydrogen-bond donors (Lipinski definition) is 3. The molecule has 0 spiro atoms. The monoisotopic (exact) mass is 824 g/mol. The van der Waals surface area contributed by atoms with Gasteiger partial charge in [-0.1, -0.05) is 209 Å². The van der Waals surface area contributed by atoms with Gasteiger partial charge < -0.3 is 20.3 Å². The highest BCUT2D eigenvalue weighted by Gasteiger charge is 2.24. The van der Waals surface area contributed by atoms with E-state index >= 15 is 0 Å². The largest absolute Gasteiger partial charge is 0.462 e. The van der Waals surface area contributed by atoms with Crippen LogP contribution in [0.25, 0.3) is 0 Å². The Hall–Kier alpha value is -2.70. The van der Waals surface area contributed by atoms with Gasteiger partial charge in [0.05, 0.1) is 25.2 Å². The summed E-state index contributed by atoms with van der Waals surface area (Å²) < 4.78 is 5.91. The SMILES string of the molecule is CC/C=C/C/C=C/CCCCCCCC(CC(=O)NC(CO)C(O)CCCCCCCCCCCC)OC(=O)CCCCCCC/C=C/C=C/C=C/C=C/CCCCC. The maximum atomic E-state index is 13.2. The molecule has 59 heavy (non-hydrogen) atoms. The van der Waals surface area contributed by atoms with Crippen LogP contribution in [0.5, 0.6) is 0 Å². The fourth-order valence-electron chi connectivity index (χ4n) is 7.13. The number of rotatable bonds is 43. The predicted octanol–water partition coefficient (Wildman–Crippen LogP) is 14.6. The Balaban J connectivity index is 4.63. The molecule has 3 N–H and O–H groups in total. The molecular formula is C53H93NO5. The maximum Gasteiger partial charge on any atom is 0.306 e. The highest BCUT2D eigenvalue weighted by atomic mass is 16.5. The highest BCUT2D eigenvalue weighted by Crippen LogP contribution is 2.17. The lowest BCUT2D eigenvalue weighted by molar-refractivity contribution is -0.151. The molecule has 0 aliphatic heterocycles. The molecule has 6 heteroatoms. The molecule has 6 nitrogen and oxygen atoms in total. The zero-order valence-electron chi connectivity index (χ0n) is 38.6. The molecule has 0 aliphatic carbocycles. The van der Waals surface area contributed by atoms with Gasteiger partial charge in [0, 0.05) is 6.42 Å². The third kappa shape index (κ3) is 41.8. The van der Waals surface area contributed by atoms with Crippen LogP contribution in [0.15, 0.2) is 72.9 Å². The minimum absolute atomic E-state index is 0.0552. The number of amides is 1. The Labute approximate surface area is 364 Å². The van der Waals surface area contributed by atoms with Crippen LogP contribution in [0, 0.1) is 0 Å². The lowest BCUT2D eigenvalue weighted by atomic mass is 10.0. The lowest BCUT2D eigenvalue weighted by Gasteiger charge is -2.24. The molecule has 0 aliphatic rings. The molecular weight excluding hydrogens is 731 g/mol. The first-order chi connectivity index (χ1) is 29.0. The average Bonchev–Trinajstić information content (AvgIpc) is 3.23.